The summed E-state index contributed by atoms with van der Waals surface area (Å²) in [5.74, 6) is 1.11. The highest BCUT2D eigenvalue weighted by molar-refractivity contribution is 5.75. The topological polar surface area (TPSA) is 90.6 Å². The molecule has 1 aliphatic rings. The van der Waals surface area contributed by atoms with E-state index in [1.165, 1.54) is 0 Å². The lowest BCUT2D eigenvalue weighted by Gasteiger charge is -2.09. The molecular formula is C20H15F3N6O2. The van der Waals surface area contributed by atoms with E-state index in [9.17, 15) is 18.0 Å². The molecule has 0 atom stereocenters. The maximum Gasteiger partial charge on any atom is 0.408 e. The highest BCUT2D eigenvalue weighted by Gasteiger charge is 2.31. The van der Waals surface area contributed by atoms with Crippen molar-refractivity contribution >= 4 is 0 Å². The number of ether oxygens (including phenoxy) is 1. The first kappa shape index (κ1) is 19.1. The number of nitrogens with zero attached hydrogens (tertiary/aromatic N) is 5. The number of pyridine rings is 1. The third kappa shape index (κ3) is 3.58. The number of nitrogens with one attached hydrogen (secondary N) is 1. The Balaban J connectivity index is 1.61. The van der Waals surface area contributed by atoms with E-state index in [1.807, 2.05) is 0 Å². The van der Waals surface area contributed by atoms with Gasteiger partial charge in [-0.15, -0.1) is 0 Å². The lowest BCUT2D eigenvalue weighted by atomic mass is 10.0. The van der Waals surface area contributed by atoms with Gasteiger partial charge in [0.1, 0.15) is 36.7 Å². The Morgan fingerprint density at radius 2 is 2.03 bits per heavy atom. The highest BCUT2D eigenvalue weighted by Crippen LogP contribution is 2.36. The molecule has 0 spiro atoms. The quantitative estimate of drug-likeness (QED) is 0.542. The third-order valence-electron chi connectivity index (χ3n) is 4.89. The van der Waals surface area contributed by atoms with Gasteiger partial charge in [-0.2, -0.15) is 18.3 Å². The van der Waals surface area contributed by atoms with Crippen molar-refractivity contribution < 1.29 is 17.9 Å². The molecule has 0 aliphatic carbocycles. The van der Waals surface area contributed by atoms with Gasteiger partial charge in [-0.1, -0.05) is 6.07 Å². The number of H-pyrrole nitrogens is 1. The highest BCUT2D eigenvalue weighted by atomic mass is 19.4. The minimum atomic E-state index is -4.43. The van der Waals surface area contributed by atoms with Gasteiger partial charge in [0.2, 0.25) is 0 Å². The van der Waals surface area contributed by atoms with E-state index in [4.69, 9.17) is 4.74 Å². The van der Waals surface area contributed by atoms with Crippen LogP contribution in [-0.2, 0) is 13.1 Å². The molecule has 0 bridgehead atoms. The van der Waals surface area contributed by atoms with E-state index in [2.05, 4.69) is 20.1 Å². The summed E-state index contributed by atoms with van der Waals surface area (Å²) >= 11 is 0. The Kier molecular flexibility index (Phi) is 4.38. The molecule has 0 fully saturated rings. The number of aromatic nitrogens is 6. The van der Waals surface area contributed by atoms with E-state index in [0.717, 1.165) is 11.0 Å². The van der Waals surface area contributed by atoms with Crippen LogP contribution in [0.1, 0.15) is 0 Å². The summed E-state index contributed by atoms with van der Waals surface area (Å²) in [6, 6.07) is 8.76. The normalized spacial score (nSPS) is 13.3. The number of halogens is 3. The monoisotopic (exact) mass is 428 g/mol. The van der Waals surface area contributed by atoms with Crippen molar-refractivity contribution in [3.05, 3.63) is 59.4 Å². The Labute approximate surface area is 173 Å². The fraction of sp³-hybridized carbons (Fsp3) is 0.200. The first-order chi connectivity index (χ1) is 14.9. The van der Waals surface area contributed by atoms with Crippen LogP contribution >= 0.6 is 0 Å². The van der Waals surface area contributed by atoms with Gasteiger partial charge in [-0.05, 0) is 29.8 Å². The van der Waals surface area contributed by atoms with Crippen LogP contribution in [-0.4, -0.2) is 42.1 Å². The van der Waals surface area contributed by atoms with Crippen molar-refractivity contribution in [2.75, 3.05) is 6.61 Å². The van der Waals surface area contributed by atoms with Crippen molar-refractivity contribution in [1.82, 2.24) is 29.3 Å². The molecule has 1 aliphatic heterocycles. The fourth-order valence-corrected chi connectivity index (χ4v) is 3.56. The van der Waals surface area contributed by atoms with Crippen LogP contribution in [0.5, 0.6) is 5.75 Å². The van der Waals surface area contributed by atoms with Crippen LogP contribution in [0.15, 0.2) is 53.8 Å². The molecule has 1 N–H and O–H groups in total. The second-order valence-electron chi connectivity index (χ2n) is 6.97. The molecular weight excluding hydrogens is 413 g/mol. The molecule has 1 aromatic carbocycles. The molecule has 0 amide bonds. The molecule has 4 heterocycles. The first-order valence-corrected chi connectivity index (χ1v) is 9.36. The van der Waals surface area contributed by atoms with Gasteiger partial charge >= 0.3 is 6.18 Å². The fourth-order valence-electron chi connectivity index (χ4n) is 3.56. The molecule has 11 heteroatoms. The molecule has 0 unspecified atom stereocenters. The Bertz CT molecular complexity index is 1320. The van der Waals surface area contributed by atoms with Gasteiger partial charge in [0.15, 0.2) is 5.82 Å². The number of alkyl halides is 3. The van der Waals surface area contributed by atoms with Crippen LogP contribution in [0.2, 0.25) is 0 Å². The number of rotatable bonds is 3. The van der Waals surface area contributed by atoms with Gasteiger partial charge in [-0.3, -0.25) is 4.79 Å². The number of hydrogen-bond acceptors (Lipinski definition) is 5. The molecule has 158 valence electrons. The number of fused-ring (bicyclic) bond motifs is 3. The molecule has 0 saturated carbocycles. The predicted molar refractivity (Wildman–Crippen MR) is 104 cm³/mol. The van der Waals surface area contributed by atoms with Gasteiger partial charge in [0, 0.05) is 18.0 Å². The minimum absolute atomic E-state index is 0.0241. The number of hydrogen-bond donors (Lipinski definition) is 1. The van der Waals surface area contributed by atoms with Gasteiger partial charge < -0.3 is 14.3 Å². The average molecular weight is 428 g/mol. The van der Waals surface area contributed by atoms with E-state index in [-0.39, 0.29) is 17.1 Å². The summed E-state index contributed by atoms with van der Waals surface area (Å²) < 4.78 is 47.0. The Morgan fingerprint density at radius 3 is 2.84 bits per heavy atom. The number of aromatic amines is 1. The van der Waals surface area contributed by atoms with E-state index in [0.29, 0.717) is 41.4 Å². The molecule has 8 nitrogen and oxygen atoms in total. The second kappa shape index (κ2) is 7.11. The van der Waals surface area contributed by atoms with Gasteiger partial charge in [0.05, 0.1) is 12.1 Å². The van der Waals surface area contributed by atoms with Crippen molar-refractivity contribution in [3.63, 3.8) is 0 Å². The number of imidazole rings is 1. The number of benzene rings is 1. The first-order valence-electron chi connectivity index (χ1n) is 9.36. The standard InChI is InChI=1S/C20H15F3N6O2/c21-20(22,23)10-29-18(25-11-26-29)15-9-28-6-7-31-16-4-3-12(8-14(16)17(28)27-15)13-2-1-5-24-19(13)30/h1-5,8-9,11H,6-7,10H2,(H,24,30). The Hall–Kier alpha value is -3.89. The van der Waals surface area contributed by atoms with Crippen molar-refractivity contribution in [2.45, 2.75) is 19.3 Å². The molecule has 3 aromatic heterocycles. The van der Waals surface area contributed by atoms with E-state index < -0.39 is 12.7 Å². The summed E-state index contributed by atoms with van der Waals surface area (Å²) in [6.07, 6.45) is -0.180. The van der Waals surface area contributed by atoms with E-state index >= 15 is 0 Å². The van der Waals surface area contributed by atoms with Crippen LogP contribution in [0.3, 0.4) is 0 Å². The summed E-state index contributed by atoms with van der Waals surface area (Å²) in [5.41, 5.74) is 1.82. The van der Waals surface area contributed by atoms with Crippen LogP contribution in [0.4, 0.5) is 13.2 Å². The molecule has 4 aromatic rings. The summed E-state index contributed by atoms with van der Waals surface area (Å²) in [7, 11) is 0. The molecule has 0 radical (unpaired) electrons. The maximum absolute atomic E-state index is 12.9. The summed E-state index contributed by atoms with van der Waals surface area (Å²) in [4.78, 5) is 23.4. The zero-order chi connectivity index (χ0) is 21.6. The van der Waals surface area contributed by atoms with Gasteiger partial charge in [-0.25, -0.2) is 14.6 Å². The Morgan fingerprint density at radius 1 is 1.16 bits per heavy atom. The zero-order valence-electron chi connectivity index (χ0n) is 15.9. The van der Waals surface area contributed by atoms with Gasteiger partial charge in [0.25, 0.3) is 5.56 Å². The smallest absolute Gasteiger partial charge is 0.408 e. The van der Waals surface area contributed by atoms with E-state index in [1.54, 1.807) is 47.3 Å². The zero-order valence-corrected chi connectivity index (χ0v) is 15.9. The summed E-state index contributed by atoms with van der Waals surface area (Å²) in [5, 5.41) is 3.68. The third-order valence-corrected chi connectivity index (χ3v) is 4.89. The van der Waals surface area contributed by atoms with Crippen LogP contribution < -0.4 is 10.3 Å². The van der Waals surface area contributed by atoms with Crippen molar-refractivity contribution in [1.29, 1.82) is 0 Å². The second-order valence-corrected chi connectivity index (χ2v) is 6.97. The van der Waals surface area contributed by atoms with Crippen LogP contribution in [0, 0.1) is 0 Å². The predicted octanol–water partition coefficient (Wildman–Crippen LogP) is 3.12. The SMILES string of the molecule is O=c1[nH]cccc1-c1ccc2c(c1)-c1nc(-c3ncnn3CC(F)(F)F)cn1CCO2. The lowest BCUT2D eigenvalue weighted by Crippen LogP contribution is -2.19. The summed E-state index contributed by atoms with van der Waals surface area (Å²) in [6.45, 7) is -0.451. The lowest BCUT2D eigenvalue weighted by molar-refractivity contribution is -0.142. The average Bonchev–Trinajstić information content (AvgIpc) is 3.30. The van der Waals surface area contributed by atoms with Crippen molar-refractivity contribution in [3.8, 4) is 39.8 Å². The van der Waals surface area contributed by atoms with Crippen molar-refractivity contribution in [2.24, 2.45) is 0 Å². The molecule has 31 heavy (non-hydrogen) atoms. The minimum Gasteiger partial charge on any atom is -0.491 e. The maximum atomic E-state index is 12.9. The van der Waals surface area contributed by atoms with Crippen LogP contribution in [0.25, 0.3) is 34.0 Å². The molecule has 5 rings (SSSR count). The largest absolute Gasteiger partial charge is 0.491 e. The molecule has 0 saturated heterocycles.